The number of amides is 1. The molecule has 2 fully saturated rings. The monoisotopic (exact) mass is 399 g/mol. The number of aryl methyl sites for hydroxylation is 2. The second kappa shape index (κ2) is 7.56. The summed E-state index contributed by atoms with van der Waals surface area (Å²) < 4.78 is 23.1. The van der Waals surface area contributed by atoms with Crippen molar-refractivity contribution in [1.82, 2.24) is 14.8 Å². The summed E-state index contributed by atoms with van der Waals surface area (Å²) in [5.74, 6) is 0.180. The summed E-state index contributed by atoms with van der Waals surface area (Å²) >= 11 is 1.77. The molecule has 1 amide bonds. The largest absolute Gasteiger partial charge is 0.336 e. The van der Waals surface area contributed by atoms with Crippen LogP contribution in [0.4, 0.5) is 0 Å². The molecule has 2 saturated heterocycles. The number of thiazole rings is 1. The Morgan fingerprint density at radius 2 is 1.96 bits per heavy atom. The van der Waals surface area contributed by atoms with Crippen LogP contribution in [0.15, 0.2) is 0 Å². The first kappa shape index (κ1) is 19.8. The molecule has 0 aromatic carbocycles. The van der Waals surface area contributed by atoms with Crippen LogP contribution in [0, 0.1) is 13.8 Å². The summed E-state index contributed by atoms with van der Waals surface area (Å²) in [5.41, 5.74) is 0.979. The maximum Gasteiger partial charge on any atom is 0.223 e. The van der Waals surface area contributed by atoms with E-state index >= 15 is 0 Å². The van der Waals surface area contributed by atoms with Crippen LogP contribution < -0.4 is 0 Å². The van der Waals surface area contributed by atoms with Gasteiger partial charge >= 0.3 is 0 Å². The molecule has 0 N–H and O–H groups in total. The standard InChI is InChI=1S/C18H29N3O3S2/c1-14-16(25-15(2)19-14)13-20-9-4-6-18(8-10-20)7-5-17(22)21(18)11-12-26(3,23)24/h4-13H2,1-3H3/t18-/m0/s1. The van der Waals surface area contributed by atoms with E-state index in [1.807, 2.05) is 11.8 Å². The lowest BCUT2D eigenvalue weighted by Gasteiger charge is -2.38. The first-order chi connectivity index (χ1) is 12.2. The van der Waals surface area contributed by atoms with Crippen molar-refractivity contribution in [2.45, 2.75) is 58.0 Å². The molecule has 1 aromatic rings. The lowest BCUT2D eigenvalue weighted by atomic mass is 9.88. The van der Waals surface area contributed by atoms with Gasteiger partial charge in [-0.3, -0.25) is 9.69 Å². The van der Waals surface area contributed by atoms with Gasteiger partial charge in [-0.1, -0.05) is 0 Å². The van der Waals surface area contributed by atoms with Crippen LogP contribution in [0.2, 0.25) is 0 Å². The summed E-state index contributed by atoms with van der Waals surface area (Å²) in [6.07, 6.45) is 5.60. The smallest absolute Gasteiger partial charge is 0.223 e. The topological polar surface area (TPSA) is 70.6 Å². The van der Waals surface area contributed by atoms with Crippen LogP contribution in [0.1, 0.15) is 47.7 Å². The van der Waals surface area contributed by atoms with Crippen molar-refractivity contribution in [3.8, 4) is 0 Å². The van der Waals surface area contributed by atoms with Crippen LogP contribution in [0.25, 0.3) is 0 Å². The third kappa shape index (κ3) is 4.46. The molecule has 0 bridgehead atoms. The molecule has 1 aromatic heterocycles. The van der Waals surface area contributed by atoms with E-state index in [1.54, 1.807) is 11.3 Å². The molecule has 26 heavy (non-hydrogen) atoms. The zero-order valence-corrected chi connectivity index (χ0v) is 17.6. The highest BCUT2D eigenvalue weighted by atomic mass is 32.2. The fourth-order valence-electron chi connectivity index (χ4n) is 4.33. The molecule has 2 aliphatic rings. The van der Waals surface area contributed by atoms with Crippen molar-refractivity contribution in [3.63, 3.8) is 0 Å². The minimum Gasteiger partial charge on any atom is -0.336 e. The Balaban J connectivity index is 1.67. The van der Waals surface area contributed by atoms with Crippen molar-refractivity contribution in [1.29, 1.82) is 0 Å². The van der Waals surface area contributed by atoms with E-state index in [-0.39, 0.29) is 17.2 Å². The third-order valence-corrected chi connectivity index (χ3v) is 7.72. The van der Waals surface area contributed by atoms with Crippen LogP contribution in [-0.4, -0.2) is 66.3 Å². The van der Waals surface area contributed by atoms with Crippen molar-refractivity contribution in [2.24, 2.45) is 0 Å². The molecule has 0 aliphatic carbocycles. The molecule has 146 valence electrons. The van der Waals surface area contributed by atoms with Gasteiger partial charge in [0, 0.05) is 42.7 Å². The summed E-state index contributed by atoms with van der Waals surface area (Å²) in [7, 11) is -3.06. The average molecular weight is 400 g/mol. The SMILES string of the molecule is Cc1nc(C)c(CN2CCC[C@]3(CCC(=O)N3CCS(C)(=O)=O)CC2)s1. The van der Waals surface area contributed by atoms with Crippen molar-refractivity contribution < 1.29 is 13.2 Å². The fraction of sp³-hybridized carbons (Fsp3) is 0.778. The second-order valence-electron chi connectivity index (χ2n) is 7.77. The number of sulfone groups is 1. The number of likely N-dealkylation sites (tertiary alicyclic amines) is 2. The highest BCUT2D eigenvalue weighted by Gasteiger charge is 2.45. The minimum absolute atomic E-state index is 0.0591. The van der Waals surface area contributed by atoms with Crippen LogP contribution in [-0.2, 0) is 21.2 Å². The number of rotatable bonds is 5. The third-order valence-electron chi connectivity index (χ3n) is 5.74. The van der Waals surface area contributed by atoms with E-state index in [0.29, 0.717) is 13.0 Å². The van der Waals surface area contributed by atoms with Gasteiger partial charge in [-0.25, -0.2) is 13.4 Å². The lowest BCUT2D eigenvalue weighted by Crippen LogP contribution is -2.48. The first-order valence-electron chi connectivity index (χ1n) is 9.32. The van der Waals surface area contributed by atoms with E-state index in [2.05, 4.69) is 16.8 Å². The Bertz CT molecular complexity index is 775. The number of carbonyl (C=O) groups is 1. The normalized spacial score (nSPS) is 25.2. The Kier molecular flexibility index (Phi) is 5.75. The lowest BCUT2D eigenvalue weighted by molar-refractivity contribution is -0.131. The summed E-state index contributed by atoms with van der Waals surface area (Å²) in [6, 6.07) is 0. The molecular weight excluding hydrogens is 370 g/mol. The summed E-state index contributed by atoms with van der Waals surface area (Å²) in [5, 5.41) is 1.11. The second-order valence-corrected chi connectivity index (χ2v) is 11.3. The Labute approximate surface area is 160 Å². The maximum absolute atomic E-state index is 12.4. The van der Waals surface area contributed by atoms with E-state index in [1.165, 1.54) is 11.1 Å². The number of carbonyl (C=O) groups excluding carboxylic acids is 1. The molecule has 1 spiro atoms. The van der Waals surface area contributed by atoms with Gasteiger partial charge in [-0.05, 0) is 46.1 Å². The summed E-state index contributed by atoms with van der Waals surface area (Å²) in [4.78, 5) is 22.6. The average Bonchev–Trinajstić information content (AvgIpc) is 2.92. The van der Waals surface area contributed by atoms with E-state index in [0.717, 1.165) is 56.0 Å². The highest BCUT2D eigenvalue weighted by Crippen LogP contribution is 2.39. The van der Waals surface area contributed by atoms with Crippen LogP contribution >= 0.6 is 11.3 Å². The van der Waals surface area contributed by atoms with Gasteiger partial charge in [0.25, 0.3) is 0 Å². The number of hydrogen-bond acceptors (Lipinski definition) is 6. The first-order valence-corrected chi connectivity index (χ1v) is 12.2. The Hall–Kier alpha value is -0.990. The van der Waals surface area contributed by atoms with Gasteiger partial charge < -0.3 is 4.90 Å². The molecule has 2 aliphatic heterocycles. The van der Waals surface area contributed by atoms with E-state index < -0.39 is 9.84 Å². The molecule has 6 nitrogen and oxygen atoms in total. The molecule has 0 radical (unpaired) electrons. The van der Waals surface area contributed by atoms with Gasteiger partial charge in [0.15, 0.2) is 0 Å². The zero-order chi connectivity index (χ0) is 18.9. The fourth-order valence-corrected chi connectivity index (χ4v) is 5.82. The maximum atomic E-state index is 12.4. The molecule has 3 heterocycles. The van der Waals surface area contributed by atoms with Crippen LogP contribution in [0.3, 0.4) is 0 Å². The van der Waals surface area contributed by atoms with Gasteiger partial charge in [0.2, 0.25) is 5.91 Å². The molecule has 8 heteroatoms. The highest BCUT2D eigenvalue weighted by molar-refractivity contribution is 7.90. The van der Waals surface area contributed by atoms with Gasteiger partial charge in [-0.15, -0.1) is 11.3 Å². The molecule has 1 atom stereocenters. The summed E-state index contributed by atoms with van der Waals surface area (Å²) in [6.45, 7) is 7.34. The predicted octanol–water partition coefficient (Wildman–Crippen LogP) is 2.15. The molecule has 0 unspecified atom stereocenters. The van der Waals surface area contributed by atoms with Crippen molar-refractivity contribution in [2.75, 3.05) is 31.6 Å². The number of aromatic nitrogens is 1. The molecular formula is C18H29N3O3S2. The number of hydrogen-bond donors (Lipinski definition) is 0. The van der Waals surface area contributed by atoms with Gasteiger partial charge in [0.05, 0.1) is 16.5 Å². The van der Waals surface area contributed by atoms with Crippen molar-refractivity contribution >= 4 is 27.1 Å². The Morgan fingerprint density at radius 1 is 1.19 bits per heavy atom. The van der Waals surface area contributed by atoms with Gasteiger partial charge in [-0.2, -0.15) is 0 Å². The van der Waals surface area contributed by atoms with Crippen LogP contribution in [0.5, 0.6) is 0 Å². The Morgan fingerprint density at radius 3 is 2.62 bits per heavy atom. The molecule has 3 rings (SSSR count). The van der Waals surface area contributed by atoms with Gasteiger partial charge in [0.1, 0.15) is 9.84 Å². The zero-order valence-electron chi connectivity index (χ0n) is 16.0. The molecule has 0 saturated carbocycles. The van der Waals surface area contributed by atoms with E-state index in [9.17, 15) is 13.2 Å². The predicted molar refractivity (Wildman–Crippen MR) is 104 cm³/mol. The quantitative estimate of drug-likeness (QED) is 0.759. The van der Waals surface area contributed by atoms with E-state index in [4.69, 9.17) is 0 Å². The number of nitrogens with zero attached hydrogens (tertiary/aromatic N) is 3. The van der Waals surface area contributed by atoms with Crippen molar-refractivity contribution in [3.05, 3.63) is 15.6 Å². The minimum atomic E-state index is -3.06.